The number of nitrogens with zero attached hydrogens (tertiary/aromatic N) is 2. The maximum Gasteiger partial charge on any atom is 0.236 e. The van der Waals surface area contributed by atoms with Crippen LogP contribution in [0.1, 0.15) is 5.56 Å². The van der Waals surface area contributed by atoms with Crippen LogP contribution in [0.3, 0.4) is 0 Å². The van der Waals surface area contributed by atoms with E-state index >= 15 is 0 Å². The summed E-state index contributed by atoms with van der Waals surface area (Å²) in [6.45, 7) is 4.58. The first-order valence-electron chi connectivity index (χ1n) is 9.65. The van der Waals surface area contributed by atoms with Crippen LogP contribution < -0.4 is 10.2 Å². The minimum Gasteiger partial charge on any atom is -0.368 e. The number of nitrogens with one attached hydrogen (secondary N) is 2. The van der Waals surface area contributed by atoms with Gasteiger partial charge in [-0.15, -0.1) is 0 Å². The maximum absolute atomic E-state index is 12.5. The van der Waals surface area contributed by atoms with Crippen LogP contribution in [0, 0.1) is 0 Å². The van der Waals surface area contributed by atoms with Gasteiger partial charge in [0.25, 0.3) is 0 Å². The van der Waals surface area contributed by atoms with Crippen LogP contribution in [0.2, 0.25) is 0 Å². The summed E-state index contributed by atoms with van der Waals surface area (Å²) >= 11 is 0. The smallest absolute Gasteiger partial charge is 0.236 e. The van der Waals surface area contributed by atoms with Gasteiger partial charge in [0.05, 0.1) is 6.54 Å². The number of benzene rings is 2. The average Bonchev–Trinajstić information content (AvgIpc) is 3.15. The molecule has 27 heavy (non-hydrogen) atoms. The second kappa shape index (κ2) is 8.27. The number of hydrogen-bond acceptors (Lipinski definition) is 3. The molecule has 140 valence electrons. The molecule has 0 aliphatic carbocycles. The van der Waals surface area contributed by atoms with Crippen molar-refractivity contribution >= 4 is 22.5 Å². The number of fused-ring (bicyclic) bond motifs is 1. The van der Waals surface area contributed by atoms with Gasteiger partial charge in [0.2, 0.25) is 5.91 Å². The van der Waals surface area contributed by atoms with Crippen LogP contribution >= 0.6 is 0 Å². The van der Waals surface area contributed by atoms with Crippen LogP contribution in [0.15, 0.2) is 60.8 Å². The van der Waals surface area contributed by atoms with Crippen molar-refractivity contribution in [2.75, 3.05) is 44.2 Å². The van der Waals surface area contributed by atoms with Gasteiger partial charge in [-0.05, 0) is 36.7 Å². The summed E-state index contributed by atoms with van der Waals surface area (Å²) in [5, 5.41) is 4.58. The van der Waals surface area contributed by atoms with Crippen molar-refractivity contribution in [3.8, 4) is 0 Å². The molecule has 5 heteroatoms. The minimum atomic E-state index is 0.196. The fourth-order valence-electron chi connectivity index (χ4n) is 3.72. The van der Waals surface area contributed by atoms with E-state index in [1.165, 1.54) is 22.2 Å². The van der Waals surface area contributed by atoms with E-state index in [2.05, 4.69) is 63.9 Å². The number of piperazine rings is 1. The average molecular weight is 362 g/mol. The van der Waals surface area contributed by atoms with E-state index in [4.69, 9.17) is 0 Å². The first-order chi connectivity index (χ1) is 13.3. The summed E-state index contributed by atoms with van der Waals surface area (Å²) in [7, 11) is 0. The van der Waals surface area contributed by atoms with E-state index in [1.54, 1.807) is 0 Å². The fraction of sp³-hybridized carbons (Fsp3) is 0.318. The minimum absolute atomic E-state index is 0.196. The van der Waals surface area contributed by atoms with Gasteiger partial charge in [0.15, 0.2) is 0 Å². The van der Waals surface area contributed by atoms with Crippen LogP contribution in [-0.4, -0.2) is 55.1 Å². The number of aromatic amines is 1. The summed E-state index contributed by atoms with van der Waals surface area (Å²) in [6, 6.07) is 18.7. The highest BCUT2D eigenvalue weighted by molar-refractivity contribution is 5.83. The Hall–Kier alpha value is -2.79. The third-order valence-corrected chi connectivity index (χ3v) is 5.28. The molecule has 3 aromatic rings. The Labute approximate surface area is 160 Å². The number of anilines is 1. The zero-order valence-corrected chi connectivity index (χ0v) is 15.5. The van der Waals surface area contributed by atoms with Crippen molar-refractivity contribution in [2.24, 2.45) is 0 Å². The van der Waals surface area contributed by atoms with Gasteiger partial charge >= 0.3 is 0 Å². The van der Waals surface area contributed by atoms with Crippen molar-refractivity contribution in [2.45, 2.75) is 6.42 Å². The van der Waals surface area contributed by atoms with Crippen molar-refractivity contribution in [3.05, 3.63) is 66.4 Å². The van der Waals surface area contributed by atoms with Gasteiger partial charge in [-0.1, -0.05) is 36.4 Å². The van der Waals surface area contributed by atoms with Crippen LogP contribution in [0.25, 0.3) is 10.9 Å². The molecule has 0 bridgehead atoms. The molecule has 1 aromatic heterocycles. The van der Waals surface area contributed by atoms with E-state index in [-0.39, 0.29) is 5.91 Å². The van der Waals surface area contributed by atoms with Gasteiger partial charge < -0.3 is 20.1 Å². The fourth-order valence-corrected chi connectivity index (χ4v) is 3.72. The number of H-pyrrole nitrogens is 1. The second-order valence-electron chi connectivity index (χ2n) is 6.99. The molecule has 1 saturated heterocycles. The molecule has 2 N–H and O–H groups in total. The van der Waals surface area contributed by atoms with Gasteiger partial charge in [-0.3, -0.25) is 4.79 Å². The molecule has 1 aliphatic heterocycles. The lowest BCUT2D eigenvalue weighted by Crippen LogP contribution is -2.51. The lowest BCUT2D eigenvalue weighted by molar-refractivity contribution is -0.130. The highest BCUT2D eigenvalue weighted by Crippen LogP contribution is 2.18. The third-order valence-electron chi connectivity index (χ3n) is 5.28. The molecule has 0 unspecified atom stereocenters. The Morgan fingerprint density at radius 1 is 0.963 bits per heavy atom. The molecule has 2 aromatic carbocycles. The van der Waals surface area contributed by atoms with Crippen molar-refractivity contribution in [3.63, 3.8) is 0 Å². The van der Waals surface area contributed by atoms with Gasteiger partial charge in [-0.25, -0.2) is 0 Å². The van der Waals surface area contributed by atoms with Gasteiger partial charge in [0.1, 0.15) is 0 Å². The van der Waals surface area contributed by atoms with E-state index < -0.39 is 0 Å². The zero-order valence-electron chi connectivity index (χ0n) is 15.5. The van der Waals surface area contributed by atoms with Crippen LogP contribution in [0.4, 0.5) is 5.69 Å². The molecular weight excluding hydrogens is 336 g/mol. The Bertz CT molecular complexity index is 881. The number of hydrogen-bond donors (Lipinski definition) is 2. The standard InChI is InChI=1S/C22H26N4O/c27-22(26-14-12-25(13-15-26)19-6-2-1-3-7-19)17-23-11-10-18-16-24-21-9-5-4-8-20(18)21/h1-9,16,23-24H,10-15,17H2. The molecule has 0 atom stereocenters. The summed E-state index contributed by atoms with van der Waals surface area (Å²) in [6.07, 6.45) is 2.98. The first kappa shape index (κ1) is 17.6. The Kier molecular flexibility index (Phi) is 5.39. The molecule has 1 aliphatic rings. The first-order valence-corrected chi connectivity index (χ1v) is 9.65. The molecule has 1 amide bonds. The summed E-state index contributed by atoms with van der Waals surface area (Å²) < 4.78 is 0. The summed E-state index contributed by atoms with van der Waals surface area (Å²) in [4.78, 5) is 20.1. The van der Waals surface area contributed by atoms with Crippen molar-refractivity contribution in [1.82, 2.24) is 15.2 Å². The van der Waals surface area contributed by atoms with E-state index in [1.807, 2.05) is 17.0 Å². The third kappa shape index (κ3) is 4.14. The SMILES string of the molecule is O=C(CNCCc1c[nH]c2ccccc12)N1CCN(c2ccccc2)CC1. The van der Waals surface area contributed by atoms with Crippen LogP contribution in [0.5, 0.6) is 0 Å². The maximum atomic E-state index is 12.5. The molecule has 0 saturated carbocycles. The van der Waals surface area contributed by atoms with Crippen LogP contribution in [-0.2, 0) is 11.2 Å². The molecule has 4 rings (SSSR count). The highest BCUT2D eigenvalue weighted by atomic mass is 16.2. The molecule has 0 spiro atoms. The molecule has 0 radical (unpaired) electrons. The quantitative estimate of drug-likeness (QED) is 0.663. The molecule has 1 fully saturated rings. The Morgan fingerprint density at radius 2 is 1.70 bits per heavy atom. The number of rotatable bonds is 6. The van der Waals surface area contributed by atoms with E-state index in [0.29, 0.717) is 6.54 Å². The predicted octanol–water partition coefficient (Wildman–Crippen LogP) is 2.65. The van der Waals surface area contributed by atoms with Crippen molar-refractivity contribution in [1.29, 1.82) is 0 Å². The summed E-state index contributed by atoms with van der Waals surface area (Å²) in [5.41, 5.74) is 3.70. The van der Waals surface area contributed by atoms with E-state index in [0.717, 1.165) is 39.1 Å². The van der Waals surface area contributed by atoms with Crippen molar-refractivity contribution < 1.29 is 4.79 Å². The number of carbonyl (C=O) groups excluding carboxylic acids is 1. The second-order valence-corrected chi connectivity index (χ2v) is 6.99. The van der Waals surface area contributed by atoms with Gasteiger partial charge in [0, 0.05) is 49.0 Å². The number of amides is 1. The zero-order chi connectivity index (χ0) is 18.5. The molecule has 5 nitrogen and oxygen atoms in total. The van der Waals surface area contributed by atoms with E-state index in [9.17, 15) is 4.79 Å². The summed E-state index contributed by atoms with van der Waals surface area (Å²) in [5.74, 6) is 0.196. The highest BCUT2D eigenvalue weighted by Gasteiger charge is 2.20. The number of para-hydroxylation sites is 2. The molecular formula is C22H26N4O. The molecule has 2 heterocycles. The van der Waals surface area contributed by atoms with Gasteiger partial charge in [-0.2, -0.15) is 0 Å². The number of aromatic nitrogens is 1. The predicted molar refractivity (Wildman–Crippen MR) is 110 cm³/mol. The monoisotopic (exact) mass is 362 g/mol. The number of carbonyl (C=O) groups is 1. The largest absolute Gasteiger partial charge is 0.368 e. The topological polar surface area (TPSA) is 51.4 Å². The lowest BCUT2D eigenvalue weighted by Gasteiger charge is -2.36. The Balaban J connectivity index is 1.20. The normalized spacial score (nSPS) is 14.7. The lowest BCUT2D eigenvalue weighted by atomic mass is 10.1. The Morgan fingerprint density at radius 3 is 2.52 bits per heavy atom.